The summed E-state index contributed by atoms with van der Waals surface area (Å²) < 4.78 is 5.71. The summed E-state index contributed by atoms with van der Waals surface area (Å²) >= 11 is 0. The number of nitrogens with zero attached hydrogens (tertiary/aromatic N) is 1. The van der Waals surface area contributed by atoms with Crippen molar-refractivity contribution < 1.29 is 4.74 Å². The summed E-state index contributed by atoms with van der Waals surface area (Å²) in [5, 5.41) is 3.68. The molecule has 1 aromatic rings. The van der Waals surface area contributed by atoms with Crippen molar-refractivity contribution in [1.29, 1.82) is 0 Å². The summed E-state index contributed by atoms with van der Waals surface area (Å²) in [4.78, 5) is 4.20. The van der Waals surface area contributed by atoms with Crippen LogP contribution in [-0.4, -0.2) is 30.3 Å². The van der Waals surface area contributed by atoms with Crippen LogP contribution in [0.4, 0.5) is 0 Å². The molecule has 1 aliphatic rings. The van der Waals surface area contributed by atoms with E-state index in [1.807, 2.05) is 18.5 Å². The number of hydrogen-bond acceptors (Lipinski definition) is 3. The minimum Gasteiger partial charge on any atom is -0.378 e. The van der Waals surface area contributed by atoms with Crippen LogP contribution >= 0.6 is 0 Å². The molecule has 3 atom stereocenters. The van der Waals surface area contributed by atoms with E-state index < -0.39 is 0 Å². The second-order valence-corrected chi connectivity index (χ2v) is 5.15. The highest BCUT2D eigenvalue weighted by atomic mass is 16.5. The van der Waals surface area contributed by atoms with Gasteiger partial charge in [0.25, 0.3) is 0 Å². The maximum Gasteiger partial charge on any atom is 0.0590 e. The van der Waals surface area contributed by atoms with Crippen molar-refractivity contribution in [3.05, 3.63) is 30.1 Å². The van der Waals surface area contributed by atoms with Gasteiger partial charge in [0, 0.05) is 31.0 Å². The number of nitrogens with one attached hydrogen (secondary N) is 1. The highest BCUT2D eigenvalue weighted by molar-refractivity contribution is 5.11. The van der Waals surface area contributed by atoms with Gasteiger partial charge in [0.1, 0.15) is 0 Å². The molecule has 3 unspecified atom stereocenters. The molecule has 0 amide bonds. The summed E-state index contributed by atoms with van der Waals surface area (Å²) in [6, 6.07) is 4.68. The first-order valence-electron chi connectivity index (χ1n) is 7.05. The standard InChI is InChI=1S/C15H24N2O/c1-3-7-17-15(14-6-9-18-12(14)2)10-13-5-4-8-16-11-13/h4-5,8,11-12,14-15,17H,3,6-7,9-10H2,1-2H3. The van der Waals surface area contributed by atoms with Gasteiger partial charge in [-0.25, -0.2) is 0 Å². The van der Waals surface area contributed by atoms with Gasteiger partial charge in [-0.3, -0.25) is 4.98 Å². The van der Waals surface area contributed by atoms with E-state index in [1.165, 1.54) is 18.4 Å². The van der Waals surface area contributed by atoms with Gasteiger partial charge in [-0.05, 0) is 44.4 Å². The Morgan fingerprint density at radius 1 is 1.56 bits per heavy atom. The van der Waals surface area contributed by atoms with Crippen LogP contribution in [0.3, 0.4) is 0 Å². The molecule has 2 heterocycles. The summed E-state index contributed by atoms with van der Waals surface area (Å²) in [6.45, 7) is 6.39. The van der Waals surface area contributed by atoms with E-state index >= 15 is 0 Å². The third kappa shape index (κ3) is 3.53. The van der Waals surface area contributed by atoms with E-state index in [2.05, 4.69) is 30.2 Å². The smallest absolute Gasteiger partial charge is 0.0590 e. The highest BCUT2D eigenvalue weighted by Crippen LogP contribution is 2.25. The molecule has 0 aromatic carbocycles. The Kier molecular flexibility index (Phi) is 5.14. The fourth-order valence-electron chi connectivity index (χ4n) is 2.75. The van der Waals surface area contributed by atoms with Crippen molar-refractivity contribution in [1.82, 2.24) is 10.3 Å². The molecule has 100 valence electrons. The first-order valence-corrected chi connectivity index (χ1v) is 7.05. The van der Waals surface area contributed by atoms with Crippen molar-refractivity contribution >= 4 is 0 Å². The van der Waals surface area contributed by atoms with E-state index in [-0.39, 0.29) is 0 Å². The summed E-state index contributed by atoms with van der Waals surface area (Å²) in [7, 11) is 0. The van der Waals surface area contributed by atoms with Gasteiger partial charge in [-0.2, -0.15) is 0 Å². The Morgan fingerprint density at radius 2 is 2.44 bits per heavy atom. The molecule has 0 radical (unpaired) electrons. The number of pyridine rings is 1. The van der Waals surface area contributed by atoms with Gasteiger partial charge in [0.2, 0.25) is 0 Å². The van der Waals surface area contributed by atoms with Crippen LogP contribution in [0.2, 0.25) is 0 Å². The third-order valence-electron chi connectivity index (χ3n) is 3.79. The van der Waals surface area contributed by atoms with Crippen molar-refractivity contribution in [2.45, 2.75) is 45.3 Å². The van der Waals surface area contributed by atoms with E-state index in [4.69, 9.17) is 4.74 Å². The molecule has 1 N–H and O–H groups in total. The molecule has 0 saturated carbocycles. The number of rotatable bonds is 6. The normalized spacial score (nSPS) is 25.2. The molecule has 1 fully saturated rings. The Balaban J connectivity index is 2.00. The number of aromatic nitrogens is 1. The molecule has 0 aliphatic carbocycles. The van der Waals surface area contributed by atoms with E-state index in [1.54, 1.807) is 0 Å². The predicted octanol–water partition coefficient (Wildman–Crippen LogP) is 2.42. The van der Waals surface area contributed by atoms with E-state index in [0.29, 0.717) is 18.1 Å². The monoisotopic (exact) mass is 248 g/mol. The molecule has 2 rings (SSSR count). The molecule has 18 heavy (non-hydrogen) atoms. The fourth-order valence-corrected chi connectivity index (χ4v) is 2.75. The minimum atomic E-state index is 0.371. The van der Waals surface area contributed by atoms with Crippen LogP contribution < -0.4 is 5.32 Å². The van der Waals surface area contributed by atoms with E-state index in [9.17, 15) is 0 Å². The summed E-state index contributed by atoms with van der Waals surface area (Å²) in [5.74, 6) is 0.622. The quantitative estimate of drug-likeness (QED) is 0.839. The maximum atomic E-state index is 5.71. The van der Waals surface area contributed by atoms with Crippen molar-refractivity contribution in [3.63, 3.8) is 0 Å². The topological polar surface area (TPSA) is 34.2 Å². The van der Waals surface area contributed by atoms with Gasteiger partial charge in [0.15, 0.2) is 0 Å². The molecule has 1 aliphatic heterocycles. The summed E-state index contributed by atoms with van der Waals surface area (Å²) in [5.41, 5.74) is 1.31. The lowest BCUT2D eigenvalue weighted by atomic mass is 9.89. The lowest BCUT2D eigenvalue weighted by Crippen LogP contribution is -2.41. The van der Waals surface area contributed by atoms with E-state index in [0.717, 1.165) is 19.6 Å². The largest absolute Gasteiger partial charge is 0.378 e. The van der Waals surface area contributed by atoms with Gasteiger partial charge in [-0.1, -0.05) is 13.0 Å². The molecule has 3 nitrogen and oxygen atoms in total. The van der Waals surface area contributed by atoms with Gasteiger partial charge < -0.3 is 10.1 Å². The average Bonchev–Trinajstić information content (AvgIpc) is 2.82. The van der Waals surface area contributed by atoms with Crippen LogP contribution in [0.5, 0.6) is 0 Å². The maximum absolute atomic E-state index is 5.71. The Morgan fingerprint density at radius 3 is 3.06 bits per heavy atom. The van der Waals surface area contributed by atoms with Crippen molar-refractivity contribution in [2.75, 3.05) is 13.2 Å². The molecular weight excluding hydrogens is 224 g/mol. The van der Waals surface area contributed by atoms with Crippen molar-refractivity contribution in [3.8, 4) is 0 Å². The van der Waals surface area contributed by atoms with Gasteiger partial charge in [-0.15, -0.1) is 0 Å². The Bertz CT molecular complexity index is 342. The number of hydrogen-bond donors (Lipinski definition) is 1. The fraction of sp³-hybridized carbons (Fsp3) is 0.667. The molecular formula is C15H24N2O. The molecule has 1 aromatic heterocycles. The molecule has 3 heteroatoms. The lowest BCUT2D eigenvalue weighted by Gasteiger charge is -2.27. The van der Waals surface area contributed by atoms with Gasteiger partial charge in [0.05, 0.1) is 6.10 Å². The average molecular weight is 248 g/mol. The van der Waals surface area contributed by atoms with Crippen LogP contribution in [0.1, 0.15) is 32.3 Å². The zero-order chi connectivity index (χ0) is 12.8. The highest BCUT2D eigenvalue weighted by Gasteiger charge is 2.31. The Labute approximate surface area is 110 Å². The molecule has 0 spiro atoms. The van der Waals surface area contributed by atoms with Crippen molar-refractivity contribution in [2.24, 2.45) is 5.92 Å². The zero-order valence-electron chi connectivity index (χ0n) is 11.4. The van der Waals surface area contributed by atoms with Crippen LogP contribution in [0.15, 0.2) is 24.5 Å². The SMILES string of the molecule is CCCNC(Cc1cccnc1)C1CCOC1C. The second-order valence-electron chi connectivity index (χ2n) is 5.15. The van der Waals surface area contributed by atoms with Gasteiger partial charge >= 0.3 is 0 Å². The van der Waals surface area contributed by atoms with Crippen LogP contribution in [0, 0.1) is 5.92 Å². The number of ether oxygens (including phenoxy) is 1. The third-order valence-corrected chi connectivity index (χ3v) is 3.79. The zero-order valence-corrected chi connectivity index (χ0v) is 11.4. The first kappa shape index (κ1) is 13.5. The minimum absolute atomic E-state index is 0.371. The molecule has 0 bridgehead atoms. The van der Waals surface area contributed by atoms with Crippen LogP contribution in [0.25, 0.3) is 0 Å². The Hall–Kier alpha value is -0.930. The predicted molar refractivity (Wildman–Crippen MR) is 73.5 cm³/mol. The lowest BCUT2D eigenvalue weighted by molar-refractivity contribution is 0.0954. The summed E-state index contributed by atoms with van der Waals surface area (Å²) in [6.07, 6.45) is 7.57. The second kappa shape index (κ2) is 6.86. The first-order chi connectivity index (χ1) is 8.81. The van der Waals surface area contributed by atoms with Crippen LogP contribution in [-0.2, 0) is 11.2 Å². The molecule has 1 saturated heterocycles.